The lowest BCUT2D eigenvalue weighted by Gasteiger charge is -2.02. The first-order valence-electron chi connectivity index (χ1n) is 4.54. The van der Waals surface area contributed by atoms with Crippen LogP contribution in [-0.2, 0) is 7.05 Å². The maximum Gasteiger partial charge on any atom is 0.142 e. The summed E-state index contributed by atoms with van der Waals surface area (Å²) in [4.78, 5) is 0. The first kappa shape index (κ1) is 10.2. The molecule has 78 valence electrons. The van der Waals surface area contributed by atoms with E-state index in [9.17, 15) is 4.39 Å². The van der Waals surface area contributed by atoms with Gasteiger partial charge in [-0.15, -0.1) is 0 Å². The molecule has 0 saturated carbocycles. The molecule has 0 unspecified atom stereocenters. The summed E-state index contributed by atoms with van der Waals surface area (Å²) in [6.45, 7) is 1.90. The number of benzene rings is 1. The van der Waals surface area contributed by atoms with Crippen LogP contribution in [0.2, 0.25) is 5.02 Å². The zero-order chi connectivity index (χ0) is 11.0. The maximum absolute atomic E-state index is 13.2. The van der Waals surface area contributed by atoms with E-state index in [-0.39, 0.29) is 5.02 Å². The van der Waals surface area contributed by atoms with Crippen molar-refractivity contribution in [2.24, 2.45) is 7.05 Å². The standard InChI is InChI=1S/C11H10ClFN2/c1-7-5-11(15(2)14-7)8-3-4-9(12)10(13)6-8/h3-6H,1-2H3. The summed E-state index contributed by atoms with van der Waals surface area (Å²) in [5.41, 5.74) is 2.56. The van der Waals surface area contributed by atoms with Crippen molar-refractivity contribution < 1.29 is 4.39 Å². The molecule has 1 aromatic carbocycles. The van der Waals surface area contributed by atoms with Crippen LogP contribution in [0.5, 0.6) is 0 Å². The Hall–Kier alpha value is -1.35. The topological polar surface area (TPSA) is 17.8 Å². The van der Waals surface area contributed by atoms with E-state index in [1.807, 2.05) is 20.0 Å². The third kappa shape index (κ3) is 1.88. The van der Waals surface area contributed by atoms with Crippen molar-refractivity contribution in [3.8, 4) is 11.3 Å². The third-order valence-electron chi connectivity index (χ3n) is 2.22. The molecule has 1 heterocycles. The molecule has 2 aromatic rings. The normalized spacial score (nSPS) is 10.7. The van der Waals surface area contributed by atoms with Crippen LogP contribution < -0.4 is 0 Å². The Morgan fingerprint density at radius 1 is 1.33 bits per heavy atom. The molecule has 0 saturated heterocycles. The summed E-state index contributed by atoms with van der Waals surface area (Å²) < 4.78 is 15.0. The van der Waals surface area contributed by atoms with E-state index in [4.69, 9.17) is 11.6 Å². The van der Waals surface area contributed by atoms with Crippen molar-refractivity contribution in [3.05, 3.63) is 40.8 Å². The van der Waals surface area contributed by atoms with Gasteiger partial charge >= 0.3 is 0 Å². The fraction of sp³-hybridized carbons (Fsp3) is 0.182. The monoisotopic (exact) mass is 224 g/mol. The molecule has 0 aliphatic heterocycles. The highest BCUT2D eigenvalue weighted by Crippen LogP contribution is 2.24. The smallest absolute Gasteiger partial charge is 0.142 e. The van der Waals surface area contributed by atoms with Gasteiger partial charge in [-0.05, 0) is 25.1 Å². The lowest BCUT2D eigenvalue weighted by molar-refractivity contribution is 0.628. The fourth-order valence-corrected chi connectivity index (χ4v) is 1.65. The van der Waals surface area contributed by atoms with Gasteiger partial charge in [0.2, 0.25) is 0 Å². The highest BCUT2D eigenvalue weighted by molar-refractivity contribution is 6.30. The van der Waals surface area contributed by atoms with Crippen molar-refractivity contribution in [3.63, 3.8) is 0 Å². The number of hydrogen-bond acceptors (Lipinski definition) is 1. The highest BCUT2D eigenvalue weighted by Gasteiger charge is 2.07. The average molecular weight is 225 g/mol. The van der Waals surface area contributed by atoms with Crippen molar-refractivity contribution in [1.29, 1.82) is 0 Å². The number of nitrogens with zero attached hydrogens (tertiary/aromatic N) is 2. The lowest BCUT2D eigenvalue weighted by Crippen LogP contribution is -1.94. The first-order valence-corrected chi connectivity index (χ1v) is 4.92. The molecule has 4 heteroatoms. The Morgan fingerprint density at radius 3 is 2.60 bits per heavy atom. The Bertz CT molecular complexity index is 505. The van der Waals surface area contributed by atoms with E-state index in [1.165, 1.54) is 6.07 Å². The van der Waals surface area contributed by atoms with Crippen molar-refractivity contribution in [2.75, 3.05) is 0 Å². The maximum atomic E-state index is 13.2. The second-order valence-electron chi connectivity index (χ2n) is 3.42. The highest BCUT2D eigenvalue weighted by atomic mass is 35.5. The van der Waals surface area contributed by atoms with Crippen LogP contribution in [0, 0.1) is 12.7 Å². The van der Waals surface area contributed by atoms with E-state index in [0.29, 0.717) is 0 Å². The second kappa shape index (κ2) is 3.66. The van der Waals surface area contributed by atoms with Gasteiger partial charge in [0.1, 0.15) is 5.82 Å². The minimum Gasteiger partial charge on any atom is -0.268 e. The summed E-state index contributed by atoms with van der Waals surface area (Å²) >= 11 is 5.62. The van der Waals surface area contributed by atoms with E-state index in [2.05, 4.69) is 5.10 Å². The van der Waals surface area contributed by atoms with Crippen molar-refractivity contribution in [2.45, 2.75) is 6.92 Å². The van der Waals surface area contributed by atoms with Crippen LogP contribution in [0.25, 0.3) is 11.3 Å². The van der Waals surface area contributed by atoms with Crippen LogP contribution >= 0.6 is 11.6 Å². The molecule has 0 aliphatic carbocycles. The van der Waals surface area contributed by atoms with Crippen LogP contribution in [0.15, 0.2) is 24.3 Å². The molecular weight excluding hydrogens is 215 g/mol. The molecule has 1 aromatic heterocycles. The number of aromatic nitrogens is 2. The van der Waals surface area contributed by atoms with Crippen LogP contribution in [0.3, 0.4) is 0 Å². The van der Waals surface area contributed by atoms with Gasteiger partial charge in [-0.1, -0.05) is 17.7 Å². The van der Waals surface area contributed by atoms with Gasteiger partial charge in [-0.3, -0.25) is 4.68 Å². The van der Waals surface area contributed by atoms with E-state index in [0.717, 1.165) is 17.0 Å². The number of halogens is 2. The summed E-state index contributed by atoms with van der Waals surface area (Å²) in [6, 6.07) is 6.65. The van der Waals surface area contributed by atoms with Crippen molar-refractivity contribution >= 4 is 11.6 Å². The molecular formula is C11H10ClFN2. The lowest BCUT2D eigenvalue weighted by atomic mass is 10.1. The molecule has 0 aliphatic rings. The predicted octanol–water partition coefficient (Wildman–Crippen LogP) is 3.19. The Balaban J connectivity index is 2.54. The summed E-state index contributed by atoms with van der Waals surface area (Å²) in [5, 5.41) is 4.34. The quantitative estimate of drug-likeness (QED) is 0.728. The molecule has 0 fully saturated rings. The largest absolute Gasteiger partial charge is 0.268 e. The zero-order valence-corrected chi connectivity index (χ0v) is 9.22. The minimum absolute atomic E-state index is 0.137. The number of aryl methyl sites for hydroxylation is 2. The van der Waals surface area contributed by atoms with Gasteiger partial charge in [0, 0.05) is 12.6 Å². The molecule has 0 atom stereocenters. The molecule has 0 N–H and O–H groups in total. The van der Waals surface area contributed by atoms with Gasteiger partial charge < -0.3 is 0 Å². The molecule has 0 bridgehead atoms. The summed E-state index contributed by atoms with van der Waals surface area (Å²) in [5.74, 6) is -0.409. The van der Waals surface area contributed by atoms with Gasteiger partial charge in [-0.2, -0.15) is 5.10 Å². The van der Waals surface area contributed by atoms with E-state index >= 15 is 0 Å². The van der Waals surface area contributed by atoms with E-state index < -0.39 is 5.82 Å². The minimum atomic E-state index is -0.409. The van der Waals surface area contributed by atoms with Gasteiger partial charge in [-0.25, -0.2) is 4.39 Å². The zero-order valence-electron chi connectivity index (χ0n) is 8.46. The summed E-state index contributed by atoms with van der Waals surface area (Å²) in [7, 11) is 1.83. The molecule has 0 radical (unpaired) electrons. The van der Waals surface area contributed by atoms with Crippen LogP contribution in [0.1, 0.15) is 5.69 Å². The SMILES string of the molecule is Cc1cc(-c2ccc(Cl)c(F)c2)n(C)n1. The Labute approximate surface area is 92.3 Å². The third-order valence-corrected chi connectivity index (χ3v) is 2.52. The Kier molecular flexibility index (Phi) is 2.49. The fourth-order valence-electron chi connectivity index (χ4n) is 1.54. The van der Waals surface area contributed by atoms with E-state index in [1.54, 1.807) is 16.8 Å². The molecule has 2 rings (SSSR count). The molecule has 0 amide bonds. The molecule has 2 nitrogen and oxygen atoms in total. The number of hydrogen-bond donors (Lipinski definition) is 0. The molecule has 0 spiro atoms. The Morgan fingerprint density at radius 2 is 2.07 bits per heavy atom. The van der Waals surface area contributed by atoms with Crippen LogP contribution in [-0.4, -0.2) is 9.78 Å². The number of rotatable bonds is 1. The summed E-state index contributed by atoms with van der Waals surface area (Å²) in [6.07, 6.45) is 0. The predicted molar refractivity (Wildman–Crippen MR) is 58.3 cm³/mol. The van der Waals surface area contributed by atoms with Crippen molar-refractivity contribution in [1.82, 2.24) is 9.78 Å². The molecule has 15 heavy (non-hydrogen) atoms. The van der Waals surface area contributed by atoms with Gasteiger partial charge in [0.25, 0.3) is 0 Å². The van der Waals surface area contributed by atoms with Gasteiger partial charge in [0.05, 0.1) is 16.4 Å². The van der Waals surface area contributed by atoms with Gasteiger partial charge in [0.15, 0.2) is 0 Å². The second-order valence-corrected chi connectivity index (χ2v) is 3.83. The average Bonchev–Trinajstić information content (AvgIpc) is 2.50. The van der Waals surface area contributed by atoms with Crippen LogP contribution in [0.4, 0.5) is 4.39 Å². The first-order chi connectivity index (χ1) is 7.08.